The third kappa shape index (κ3) is 4.52. The van der Waals surface area contributed by atoms with Crippen molar-refractivity contribution in [3.05, 3.63) is 107 Å². The molecule has 0 saturated heterocycles. The maximum absolute atomic E-state index is 13.6. The van der Waals surface area contributed by atoms with Gasteiger partial charge in [0.05, 0.1) is 18.4 Å². The van der Waals surface area contributed by atoms with E-state index in [0.29, 0.717) is 41.2 Å². The first-order chi connectivity index (χ1) is 17.0. The van der Waals surface area contributed by atoms with Crippen molar-refractivity contribution < 1.29 is 23.5 Å². The number of para-hydroxylation sites is 1. The molecule has 178 valence electrons. The molecule has 6 heteroatoms. The molecule has 0 bridgehead atoms. The predicted octanol–water partition coefficient (Wildman–Crippen LogP) is 6.00. The van der Waals surface area contributed by atoms with E-state index in [-0.39, 0.29) is 18.3 Å². The van der Waals surface area contributed by atoms with Crippen molar-refractivity contribution in [2.45, 2.75) is 38.5 Å². The van der Waals surface area contributed by atoms with Gasteiger partial charge in [0.1, 0.15) is 17.3 Å². The van der Waals surface area contributed by atoms with Crippen LogP contribution in [0.15, 0.2) is 100.0 Å². The van der Waals surface area contributed by atoms with Gasteiger partial charge in [0.2, 0.25) is 0 Å². The molecule has 2 aliphatic rings. The number of esters is 1. The van der Waals surface area contributed by atoms with Crippen molar-refractivity contribution in [1.29, 1.82) is 0 Å². The van der Waals surface area contributed by atoms with E-state index in [9.17, 15) is 9.59 Å². The molecule has 2 heterocycles. The Hall–Kier alpha value is -4.06. The number of benzene rings is 2. The second kappa shape index (κ2) is 9.66. The number of carbonyl (C=O) groups excluding carboxylic acids is 2. The Kier molecular flexibility index (Phi) is 6.27. The van der Waals surface area contributed by atoms with Gasteiger partial charge in [-0.25, -0.2) is 4.79 Å². The summed E-state index contributed by atoms with van der Waals surface area (Å²) in [6, 6.07) is 20.8. The van der Waals surface area contributed by atoms with Gasteiger partial charge < -0.3 is 19.2 Å². The largest absolute Gasteiger partial charge is 0.469 e. The summed E-state index contributed by atoms with van der Waals surface area (Å²) in [7, 11) is 0. The fourth-order valence-electron chi connectivity index (χ4n) is 4.96. The van der Waals surface area contributed by atoms with E-state index in [2.05, 4.69) is 5.32 Å². The number of hydrogen-bond acceptors (Lipinski definition) is 6. The molecule has 3 aromatic rings. The minimum Gasteiger partial charge on any atom is -0.469 e. The van der Waals surface area contributed by atoms with Crippen molar-refractivity contribution in [2.24, 2.45) is 0 Å². The number of Topliss-reactive ketones (excluding diaryl/α,β-unsaturated/α-hetero) is 1. The Balaban J connectivity index is 1.57. The summed E-state index contributed by atoms with van der Waals surface area (Å²) >= 11 is 0. The lowest BCUT2D eigenvalue weighted by Crippen LogP contribution is -2.36. The predicted molar refractivity (Wildman–Crippen MR) is 131 cm³/mol. The van der Waals surface area contributed by atoms with Crippen LogP contribution < -0.4 is 10.1 Å². The molecule has 0 unspecified atom stereocenters. The molecule has 35 heavy (non-hydrogen) atoms. The molecule has 1 aliphatic heterocycles. The second-order valence-electron chi connectivity index (χ2n) is 8.74. The number of nitrogens with one attached hydrogen (secondary N) is 1. The first-order valence-corrected chi connectivity index (χ1v) is 11.8. The van der Waals surface area contributed by atoms with E-state index in [1.54, 1.807) is 13.2 Å². The molecule has 0 amide bonds. The van der Waals surface area contributed by atoms with Gasteiger partial charge in [-0.1, -0.05) is 30.3 Å². The van der Waals surface area contributed by atoms with E-state index in [4.69, 9.17) is 13.9 Å². The molecule has 0 saturated carbocycles. The summed E-state index contributed by atoms with van der Waals surface area (Å²) in [6.45, 7) is 3.88. The zero-order chi connectivity index (χ0) is 24.4. The molecule has 6 nitrogen and oxygen atoms in total. The summed E-state index contributed by atoms with van der Waals surface area (Å²) in [6.07, 6.45) is 2.57. The van der Waals surface area contributed by atoms with Crippen LogP contribution in [0.4, 0.5) is 0 Å². The van der Waals surface area contributed by atoms with Crippen LogP contribution in [0.2, 0.25) is 0 Å². The topological polar surface area (TPSA) is 77.8 Å². The van der Waals surface area contributed by atoms with Gasteiger partial charge in [0, 0.05) is 35.2 Å². The summed E-state index contributed by atoms with van der Waals surface area (Å²) < 4.78 is 17.1. The minimum absolute atomic E-state index is 0.00571. The maximum Gasteiger partial charge on any atom is 0.336 e. The van der Waals surface area contributed by atoms with Crippen molar-refractivity contribution in [2.75, 3.05) is 6.61 Å². The average molecular weight is 470 g/mol. The summed E-state index contributed by atoms with van der Waals surface area (Å²) in [5, 5.41) is 3.35. The van der Waals surface area contributed by atoms with Crippen LogP contribution >= 0.6 is 0 Å². The number of allylic oxidation sites excluding steroid dienone is 3. The van der Waals surface area contributed by atoms with Crippen molar-refractivity contribution in [1.82, 2.24) is 5.32 Å². The van der Waals surface area contributed by atoms with Crippen LogP contribution in [-0.4, -0.2) is 18.4 Å². The molecule has 0 fully saturated rings. The molecule has 0 spiro atoms. The maximum atomic E-state index is 13.6. The first kappa shape index (κ1) is 22.7. The lowest BCUT2D eigenvalue weighted by Gasteiger charge is -2.36. The van der Waals surface area contributed by atoms with Crippen LogP contribution in [0, 0.1) is 0 Å². The number of dihydropyridines is 1. The van der Waals surface area contributed by atoms with Crippen LogP contribution in [0.25, 0.3) is 0 Å². The Morgan fingerprint density at radius 1 is 1.03 bits per heavy atom. The second-order valence-corrected chi connectivity index (χ2v) is 8.74. The number of ketones is 1. The number of carbonyl (C=O) groups is 2. The molecule has 0 radical (unpaired) electrons. The zero-order valence-electron chi connectivity index (χ0n) is 19.7. The van der Waals surface area contributed by atoms with E-state index in [1.165, 1.54) is 0 Å². The van der Waals surface area contributed by atoms with E-state index < -0.39 is 11.9 Å². The van der Waals surface area contributed by atoms with Gasteiger partial charge in [0.25, 0.3) is 0 Å². The molecule has 1 aromatic heterocycles. The van der Waals surface area contributed by atoms with Gasteiger partial charge in [-0.2, -0.15) is 0 Å². The van der Waals surface area contributed by atoms with Gasteiger partial charge >= 0.3 is 5.97 Å². The molecular weight excluding hydrogens is 442 g/mol. The van der Waals surface area contributed by atoms with Crippen LogP contribution in [0.5, 0.6) is 11.5 Å². The highest BCUT2D eigenvalue weighted by Gasteiger charge is 2.42. The highest BCUT2D eigenvalue weighted by molar-refractivity contribution is 6.04. The van der Waals surface area contributed by atoms with Crippen molar-refractivity contribution in [3.8, 4) is 11.5 Å². The summed E-state index contributed by atoms with van der Waals surface area (Å²) in [4.78, 5) is 26.7. The Morgan fingerprint density at radius 2 is 1.83 bits per heavy atom. The number of rotatable bonds is 6. The number of furan rings is 1. The highest BCUT2D eigenvalue weighted by atomic mass is 16.5. The van der Waals surface area contributed by atoms with E-state index in [1.807, 2.05) is 73.7 Å². The molecule has 5 rings (SSSR count). The summed E-state index contributed by atoms with van der Waals surface area (Å²) in [5.74, 6) is 1.11. The number of ether oxygens (including phenoxy) is 2. The third-order valence-electron chi connectivity index (χ3n) is 6.44. The third-order valence-corrected chi connectivity index (χ3v) is 6.44. The molecule has 1 aliphatic carbocycles. The van der Waals surface area contributed by atoms with Crippen LogP contribution in [0.1, 0.15) is 49.8 Å². The smallest absolute Gasteiger partial charge is 0.336 e. The summed E-state index contributed by atoms with van der Waals surface area (Å²) in [5.41, 5.74) is 3.38. The first-order valence-electron chi connectivity index (χ1n) is 11.8. The zero-order valence-corrected chi connectivity index (χ0v) is 19.7. The molecule has 2 aromatic carbocycles. The molecule has 1 N–H and O–H groups in total. The van der Waals surface area contributed by atoms with E-state index >= 15 is 0 Å². The number of hydrogen-bond donors (Lipinski definition) is 1. The minimum atomic E-state index is -0.547. The van der Waals surface area contributed by atoms with Gasteiger partial charge in [-0.15, -0.1) is 0 Å². The SMILES string of the molecule is CCOC(=O)C1=C(C)NC2=C(C(=O)C[C@@H](c3ccco3)C2)[C@@H]1c1cccc(Oc2ccccc2)c1. The lowest BCUT2D eigenvalue weighted by molar-refractivity contribution is -0.138. The Bertz CT molecular complexity index is 1300. The highest BCUT2D eigenvalue weighted by Crippen LogP contribution is 2.46. The Labute approximate surface area is 204 Å². The quantitative estimate of drug-likeness (QED) is 0.447. The van der Waals surface area contributed by atoms with Gasteiger partial charge in [-0.05, 0) is 62.2 Å². The standard InChI is InChI=1S/C29H27NO5/c1-3-33-29(32)26-18(2)30-23-16-20(25-13-8-14-34-25)17-24(31)28(23)27(26)19-9-7-12-22(15-19)35-21-10-5-4-6-11-21/h4-15,20,27,30H,3,16-17H2,1-2H3/t20-,27+/m0/s1. The monoisotopic (exact) mass is 469 g/mol. The fraction of sp³-hybridized carbons (Fsp3) is 0.241. The van der Waals surface area contributed by atoms with Gasteiger partial charge in [0.15, 0.2) is 5.78 Å². The molecule has 2 atom stereocenters. The Morgan fingerprint density at radius 3 is 2.57 bits per heavy atom. The van der Waals surface area contributed by atoms with Crippen LogP contribution in [-0.2, 0) is 14.3 Å². The lowest BCUT2D eigenvalue weighted by atomic mass is 9.72. The fourth-order valence-corrected chi connectivity index (χ4v) is 4.96. The van der Waals surface area contributed by atoms with Crippen molar-refractivity contribution in [3.63, 3.8) is 0 Å². The van der Waals surface area contributed by atoms with Crippen molar-refractivity contribution >= 4 is 11.8 Å². The normalized spacial score (nSPS) is 19.8. The van der Waals surface area contributed by atoms with E-state index in [0.717, 1.165) is 17.0 Å². The van der Waals surface area contributed by atoms with Gasteiger partial charge in [-0.3, -0.25) is 4.79 Å². The van der Waals surface area contributed by atoms with Crippen LogP contribution in [0.3, 0.4) is 0 Å². The average Bonchev–Trinajstić information content (AvgIpc) is 3.39. The molecular formula is C29H27NO5.